The van der Waals surface area contributed by atoms with Crippen LogP contribution in [0, 0.1) is 5.92 Å². The fraction of sp³-hybridized carbons (Fsp3) is 0.500. The van der Waals surface area contributed by atoms with Crippen molar-refractivity contribution in [2.75, 3.05) is 32.8 Å². The fourth-order valence-corrected chi connectivity index (χ4v) is 3.29. The molecule has 1 aliphatic heterocycles. The van der Waals surface area contributed by atoms with Gasteiger partial charge in [0.1, 0.15) is 0 Å². The number of nitrogens with zero attached hydrogens (tertiary/aromatic N) is 2. The van der Waals surface area contributed by atoms with Gasteiger partial charge in [-0.15, -0.1) is 0 Å². The summed E-state index contributed by atoms with van der Waals surface area (Å²) in [6.45, 7) is 8.69. The van der Waals surface area contributed by atoms with E-state index in [1.807, 2.05) is 12.3 Å². The minimum absolute atomic E-state index is 0.0542. The van der Waals surface area contributed by atoms with Crippen LogP contribution in [0.15, 0.2) is 30.5 Å². The zero-order valence-electron chi connectivity index (χ0n) is 13.4. The van der Waals surface area contributed by atoms with Crippen LogP contribution >= 0.6 is 0 Å². The van der Waals surface area contributed by atoms with Crippen LogP contribution in [0.1, 0.15) is 24.2 Å². The molecule has 0 saturated carbocycles. The number of fused-ring (bicyclic) bond motifs is 1. The van der Waals surface area contributed by atoms with E-state index < -0.39 is 0 Å². The van der Waals surface area contributed by atoms with Gasteiger partial charge in [0, 0.05) is 31.6 Å². The molecule has 1 aliphatic rings. The second kappa shape index (κ2) is 6.63. The number of rotatable bonds is 3. The number of carbonyl (C=O) groups is 1. The molecule has 3 rings (SSSR count). The molecular formula is C18H24N2O2. The number of carbonyl (C=O) groups excluding carboxylic acids is 1. The standard InChI is InChI=1S/C18H24N2O2/c1-3-19-8-9-22-13-16(12-19)10-15-4-5-18-17(11-15)6-7-20(18)14(2)21/h4-7,11,16H,3,8-10,12-13H2,1-2H3/t16-/m1/s1. The topological polar surface area (TPSA) is 34.5 Å². The van der Waals surface area contributed by atoms with Gasteiger partial charge in [-0.2, -0.15) is 0 Å². The maximum atomic E-state index is 11.6. The molecule has 0 amide bonds. The highest BCUT2D eigenvalue weighted by molar-refractivity contribution is 5.91. The Morgan fingerprint density at radius 1 is 1.36 bits per heavy atom. The van der Waals surface area contributed by atoms with Gasteiger partial charge in [0.05, 0.1) is 18.7 Å². The largest absolute Gasteiger partial charge is 0.380 e. The number of likely N-dealkylation sites (N-methyl/N-ethyl adjacent to an activating group) is 1. The Kier molecular flexibility index (Phi) is 4.60. The number of benzene rings is 1. The van der Waals surface area contributed by atoms with E-state index >= 15 is 0 Å². The van der Waals surface area contributed by atoms with Crippen molar-refractivity contribution in [3.05, 3.63) is 36.0 Å². The van der Waals surface area contributed by atoms with Gasteiger partial charge in [-0.25, -0.2) is 0 Å². The summed E-state index contributed by atoms with van der Waals surface area (Å²) >= 11 is 0. The molecule has 2 aromatic rings. The van der Waals surface area contributed by atoms with Crippen molar-refractivity contribution in [1.29, 1.82) is 0 Å². The first-order valence-corrected chi connectivity index (χ1v) is 8.08. The van der Waals surface area contributed by atoms with E-state index in [2.05, 4.69) is 30.0 Å². The molecule has 118 valence electrons. The summed E-state index contributed by atoms with van der Waals surface area (Å²) in [6.07, 6.45) is 2.88. The first kappa shape index (κ1) is 15.3. The number of ether oxygens (including phenoxy) is 1. The molecule has 0 aliphatic carbocycles. The normalized spacial score (nSPS) is 20.2. The smallest absolute Gasteiger partial charge is 0.227 e. The molecule has 2 heterocycles. The SMILES string of the molecule is CCN1CCOC[C@H](Cc2ccc3c(ccn3C(C)=O)c2)C1. The van der Waals surface area contributed by atoms with Crippen LogP contribution in [0.3, 0.4) is 0 Å². The Labute approximate surface area is 131 Å². The molecule has 0 spiro atoms. The number of hydrogen-bond acceptors (Lipinski definition) is 3. The van der Waals surface area contributed by atoms with Gasteiger partial charge in [-0.05, 0) is 42.6 Å². The summed E-state index contributed by atoms with van der Waals surface area (Å²) in [5.41, 5.74) is 2.31. The molecule has 1 aromatic carbocycles. The molecule has 1 atom stereocenters. The van der Waals surface area contributed by atoms with E-state index in [0.717, 1.165) is 50.2 Å². The summed E-state index contributed by atoms with van der Waals surface area (Å²) in [4.78, 5) is 14.0. The van der Waals surface area contributed by atoms with Gasteiger partial charge in [0.25, 0.3) is 0 Å². The van der Waals surface area contributed by atoms with Crippen LogP contribution in [0.2, 0.25) is 0 Å². The van der Waals surface area contributed by atoms with Gasteiger partial charge in [0.2, 0.25) is 5.91 Å². The van der Waals surface area contributed by atoms with Crippen molar-refractivity contribution in [1.82, 2.24) is 9.47 Å². The monoisotopic (exact) mass is 300 g/mol. The van der Waals surface area contributed by atoms with Crippen LogP contribution in [0.5, 0.6) is 0 Å². The highest BCUT2D eigenvalue weighted by Crippen LogP contribution is 2.21. The van der Waals surface area contributed by atoms with E-state index in [1.54, 1.807) is 11.5 Å². The zero-order valence-corrected chi connectivity index (χ0v) is 13.4. The zero-order chi connectivity index (χ0) is 15.5. The number of hydrogen-bond donors (Lipinski definition) is 0. The van der Waals surface area contributed by atoms with Crippen LogP contribution in [0.4, 0.5) is 0 Å². The quantitative estimate of drug-likeness (QED) is 0.874. The van der Waals surface area contributed by atoms with Gasteiger partial charge in [0.15, 0.2) is 0 Å². The average Bonchev–Trinajstić information content (AvgIpc) is 2.79. The Morgan fingerprint density at radius 3 is 3.00 bits per heavy atom. The molecule has 1 saturated heterocycles. The lowest BCUT2D eigenvalue weighted by Crippen LogP contribution is -2.30. The molecule has 4 nitrogen and oxygen atoms in total. The Morgan fingerprint density at radius 2 is 2.23 bits per heavy atom. The highest BCUT2D eigenvalue weighted by atomic mass is 16.5. The lowest BCUT2D eigenvalue weighted by atomic mass is 9.98. The van der Waals surface area contributed by atoms with Gasteiger partial charge in [-0.3, -0.25) is 9.36 Å². The predicted octanol–water partition coefficient (Wildman–Crippen LogP) is 2.81. The Hall–Kier alpha value is -1.65. The van der Waals surface area contributed by atoms with Crippen LogP contribution in [-0.4, -0.2) is 48.2 Å². The molecule has 0 radical (unpaired) electrons. The molecular weight excluding hydrogens is 276 g/mol. The molecule has 0 bridgehead atoms. The maximum Gasteiger partial charge on any atom is 0.227 e. The minimum Gasteiger partial charge on any atom is -0.380 e. The maximum absolute atomic E-state index is 11.6. The Balaban J connectivity index is 1.77. The molecule has 4 heteroatoms. The first-order valence-electron chi connectivity index (χ1n) is 8.08. The highest BCUT2D eigenvalue weighted by Gasteiger charge is 2.18. The van der Waals surface area contributed by atoms with Gasteiger partial charge in [-0.1, -0.05) is 13.0 Å². The van der Waals surface area contributed by atoms with Crippen molar-refractivity contribution in [3.8, 4) is 0 Å². The van der Waals surface area contributed by atoms with Crippen molar-refractivity contribution in [3.63, 3.8) is 0 Å². The van der Waals surface area contributed by atoms with E-state index in [0.29, 0.717) is 5.92 Å². The van der Waals surface area contributed by atoms with E-state index in [1.165, 1.54) is 5.56 Å². The first-order chi connectivity index (χ1) is 10.7. The summed E-state index contributed by atoms with van der Waals surface area (Å²) < 4.78 is 7.45. The van der Waals surface area contributed by atoms with Crippen LogP contribution in [-0.2, 0) is 11.2 Å². The van der Waals surface area contributed by atoms with Crippen molar-refractivity contribution < 1.29 is 9.53 Å². The summed E-state index contributed by atoms with van der Waals surface area (Å²) in [5.74, 6) is 0.591. The predicted molar refractivity (Wildman–Crippen MR) is 88.4 cm³/mol. The van der Waals surface area contributed by atoms with Gasteiger partial charge < -0.3 is 9.64 Å². The van der Waals surface area contributed by atoms with Crippen molar-refractivity contribution in [2.24, 2.45) is 5.92 Å². The third-order valence-electron chi connectivity index (χ3n) is 4.49. The van der Waals surface area contributed by atoms with Crippen molar-refractivity contribution in [2.45, 2.75) is 20.3 Å². The van der Waals surface area contributed by atoms with E-state index in [-0.39, 0.29) is 5.91 Å². The molecule has 22 heavy (non-hydrogen) atoms. The van der Waals surface area contributed by atoms with Gasteiger partial charge >= 0.3 is 0 Å². The minimum atomic E-state index is 0.0542. The summed E-state index contributed by atoms with van der Waals surface area (Å²) in [7, 11) is 0. The lowest BCUT2D eigenvalue weighted by Gasteiger charge is -2.21. The second-order valence-electron chi connectivity index (χ2n) is 6.14. The average molecular weight is 300 g/mol. The van der Waals surface area contributed by atoms with Crippen LogP contribution in [0.25, 0.3) is 10.9 Å². The van der Waals surface area contributed by atoms with E-state index in [9.17, 15) is 4.79 Å². The second-order valence-corrected chi connectivity index (χ2v) is 6.14. The van der Waals surface area contributed by atoms with Crippen LogP contribution < -0.4 is 0 Å². The summed E-state index contributed by atoms with van der Waals surface area (Å²) in [6, 6.07) is 8.42. The fourth-order valence-electron chi connectivity index (χ4n) is 3.29. The molecule has 1 aromatic heterocycles. The third kappa shape index (κ3) is 3.23. The lowest BCUT2D eigenvalue weighted by molar-refractivity contribution is 0.0941. The molecule has 0 N–H and O–H groups in total. The third-order valence-corrected chi connectivity index (χ3v) is 4.49. The Bertz CT molecular complexity index is 662. The van der Waals surface area contributed by atoms with E-state index in [4.69, 9.17) is 4.74 Å². The summed E-state index contributed by atoms with van der Waals surface area (Å²) in [5, 5.41) is 1.13. The van der Waals surface area contributed by atoms with Crippen molar-refractivity contribution >= 4 is 16.8 Å². The number of aromatic nitrogens is 1. The molecule has 0 unspecified atom stereocenters. The molecule has 1 fully saturated rings.